The fraction of sp³-hybridized carbons (Fsp3) is 0.438. The SMILES string of the molecule is C=C(CCl)NCCCC(C)C(=O)NCc1ccccc1. The number of carbonyl (C=O) groups is 1. The van der Waals surface area contributed by atoms with Crippen LogP contribution in [0.25, 0.3) is 0 Å². The number of halogens is 1. The molecular formula is C16H23ClN2O. The van der Waals surface area contributed by atoms with E-state index in [4.69, 9.17) is 11.6 Å². The van der Waals surface area contributed by atoms with Gasteiger partial charge in [-0.1, -0.05) is 43.8 Å². The third-order valence-electron chi connectivity index (χ3n) is 3.11. The summed E-state index contributed by atoms with van der Waals surface area (Å²) in [6.45, 7) is 7.12. The van der Waals surface area contributed by atoms with Crippen molar-refractivity contribution in [1.29, 1.82) is 0 Å². The third-order valence-corrected chi connectivity index (χ3v) is 3.43. The van der Waals surface area contributed by atoms with Gasteiger partial charge in [0.15, 0.2) is 0 Å². The van der Waals surface area contributed by atoms with Crippen molar-refractivity contribution in [2.45, 2.75) is 26.3 Å². The zero-order valence-electron chi connectivity index (χ0n) is 12.0. The van der Waals surface area contributed by atoms with Crippen LogP contribution in [0.1, 0.15) is 25.3 Å². The van der Waals surface area contributed by atoms with Crippen molar-refractivity contribution in [3.05, 3.63) is 48.2 Å². The fourth-order valence-corrected chi connectivity index (χ4v) is 1.91. The number of carbonyl (C=O) groups excluding carboxylic acids is 1. The molecule has 0 aliphatic heterocycles. The van der Waals surface area contributed by atoms with E-state index in [2.05, 4.69) is 17.2 Å². The Morgan fingerprint density at radius 3 is 2.65 bits per heavy atom. The van der Waals surface area contributed by atoms with Crippen molar-refractivity contribution >= 4 is 17.5 Å². The summed E-state index contributed by atoms with van der Waals surface area (Å²) in [5.41, 5.74) is 1.95. The van der Waals surface area contributed by atoms with Gasteiger partial charge < -0.3 is 10.6 Å². The van der Waals surface area contributed by atoms with E-state index in [9.17, 15) is 4.79 Å². The molecule has 3 nitrogen and oxygen atoms in total. The van der Waals surface area contributed by atoms with Gasteiger partial charge in [0.2, 0.25) is 5.91 Å². The number of amides is 1. The highest BCUT2D eigenvalue weighted by molar-refractivity contribution is 6.19. The van der Waals surface area contributed by atoms with Crippen LogP contribution in [0.5, 0.6) is 0 Å². The summed E-state index contributed by atoms with van der Waals surface area (Å²) in [7, 11) is 0. The van der Waals surface area contributed by atoms with E-state index in [0.717, 1.165) is 30.6 Å². The molecule has 1 unspecified atom stereocenters. The minimum Gasteiger partial charge on any atom is -0.388 e. The van der Waals surface area contributed by atoms with Crippen LogP contribution in [0.15, 0.2) is 42.6 Å². The standard InChI is InChI=1S/C16H23ClN2O/c1-13(7-6-10-18-14(2)11-17)16(20)19-12-15-8-4-3-5-9-15/h3-5,8-9,13,18H,2,6-7,10-12H2,1H3,(H,19,20). The molecule has 4 heteroatoms. The molecule has 0 saturated heterocycles. The van der Waals surface area contributed by atoms with Crippen molar-refractivity contribution in [3.8, 4) is 0 Å². The summed E-state index contributed by atoms with van der Waals surface area (Å²) in [4.78, 5) is 11.9. The minimum absolute atomic E-state index is 0.0183. The van der Waals surface area contributed by atoms with E-state index in [0.29, 0.717) is 12.4 Å². The van der Waals surface area contributed by atoms with Gasteiger partial charge in [0.25, 0.3) is 0 Å². The molecule has 2 N–H and O–H groups in total. The van der Waals surface area contributed by atoms with Gasteiger partial charge in [0, 0.05) is 24.7 Å². The summed E-state index contributed by atoms with van der Waals surface area (Å²) in [5, 5.41) is 6.09. The Kier molecular flexibility index (Phi) is 7.81. The lowest BCUT2D eigenvalue weighted by Crippen LogP contribution is -2.29. The molecule has 0 fully saturated rings. The Balaban J connectivity index is 2.17. The Morgan fingerprint density at radius 2 is 2.00 bits per heavy atom. The molecule has 0 bridgehead atoms. The number of benzene rings is 1. The van der Waals surface area contributed by atoms with Crippen LogP contribution in [-0.2, 0) is 11.3 Å². The maximum absolute atomic E-state index is 11.9. The van der Waals surface area contributed by atoms with Crippen molar-refractivity contribution < 1.29 is 4.79 Å². The van der Waals surface area contributed by atoms with Gasteiger partial charge in [0.1, 0.15) is 0 Å². The van der Waals surface area contributed by atoms with Crippen LogP contribution in [-0.4, -0.2) is 18.3 Å². The molecule has 0 saturated carbocycles. The Morgan fingerprint density at radius 1 is 1.30 bits per heavy atom. The van der Waals surface area contributed by atoms with E-state index >= 15 is 0 Å². The molecule has 0 aliphatic carbocycles. The molecule has 0 spiro atoms. The first-order valence-corrected chi connectivity index (χ1v) is 7.46. The Labute approximate surface area is 126 Å². The number of rotatable bonds is 9. The van der Waals surface area contributed by atoms with Gasteiger partial charge in [-0.05, 0) is 18.4 Å². The second kappa shape index (κ2) is 9.43. The summed E-state index contributed by atoms with van der Waals surface area (Å²) in [6, 6.07) is 9.93. The van der Waals surface area contributed by atoms with Gasteiger partial charge in [-0.2, -0.15) is 0 Å². The first-order chi connectivity index (χ1) is 9.63. The smallest absolute Gasteiger partial charge is 0.223 e. The van der Waals surface area contributed by atoms with Crippen molar-refractivity contribution in [1.82, 2.24) is 10.6 Å². The minimum atomic E-state index is 0.0183. The zero-order valence-corrected chi connectivity index (χ0v) is 12.7. The van der Waals surface area contributed by atoms with Crippen molar-refractivity contribution in [2.75, 3.05) is 12.4 Å². The average molecular weight is 295 g/mol. The molecule has 1 amide bonds. The highest BCUT2D eigenvalue weighted by Crippen LogP contribution is 2.06. The zero-order chi connectivity index (χ0) is 14.8. The first-order valence-electron chi connectivity index (χ1n) is 6.92. The number of hydrogen-bond donors (Lipinski definition) is 2. The highest BCUT2D eigenvalue weighted by atomic mass is 35.5. The molecule has 1 atom stereocenters. The van der Waals surface area contributed by atoms with Crippen LogP contribution < -0.4 is 10.6 Å². The quantitative estimate of drug-likeness (QED) is 0.543. The van der Waals surface area contributed by atoms with Gasteiger partial charge in [-0.25, -0.2) is 0 Å². The molecule has 1 aromatic carbocycles. The summed E-state index contributed by atoms with van der Waals surface area (Å²) in [5.74, 6) is 0.544. The number of nitrogens with one attached hydrogen (secondary N) is 2. The van der Waals surface area contributed by atoms with E-state index in [1.807, 2.05) is 37.3 Å². The maximum atomic E-state index is 11.9. The van der Waals surface area contributed by atoms with E-state index in [1.165, 1.54) is 0 Å². The third kappa shape index (κ3) is 6.62. The summed E-state index contributed by atoms with van der Waals surface area (Å²) < 4.78 is 0. The number of allylic oxidation sites excluding steroid dienone is 1. The first kappa shape index (κ1) is 16.6. The van der Waals surface area contributed by atoms with Crippen molar-refractivity contribution in [3.63, 3.8) is 0 Å². The second-order valence-corrected chi connectivity index (χ2v) is 5.18. The second-order valence-electron chi connectivity index (χ2n) is 4.91. The lowest BCUT2D eigenvalue weighted by atomic mass is 10.0. The molecule has 0 aromatic heterocycles. The topological polar surface area (TPSA) is 41.1 Å². The van der Waals surface area contributed by atoms with Crippen LogP contribution in [0.4, 0.5) is 0 Å². The van der Waals surface area contributed by atoms with Gasteiger partial charge in [-0.3, -0.25) is 4.79 Å². The van der Waals surface area contributed by atoms with E-state index < -0.39 is 0 Å². The lowest BCUT2D eigenvalue weighted by molar-refractivity contribution is -0.124. The monoisotopic (exact) mass is 294 g/mol. The van der Waals surface area contributed by atoms with Crippen molar-refractivity contribution in [2.24, 2.45) is 5.92 Å². The normalized spacial score (nSPS) is 11.7. The molecule has 0 radical (unpaired) electrons. The van der Waals surface area contributed by atoms with Crippen LogP contribution >= 0.6 is 11.6 Å². The maximum Gasteiger partial charge on any atom is 0.223 e. The summed E-state index contributed by atoms with van der Waals surface area (Å²) in [6.07, 6.45) is 1.78. The van der Waals surface area contributed by atoms with Gasteiger partial charge in [0.05, 0.1) is 5.88 Å². The Bertz CT molecular complexity index is 420. The van der Waals surface area contributed by atoms with Crippen LogP contribution in [0, 0.1) is 5.92 Å². The Hall–Kier alpha value is -1.48. The van der Waals surface area contributed by atoms with Crippen LogP contribution in [0.3, 0.4) is 0 Å². The average Bonchev–Trinajstić information content (AvgIpc) is 2.49. The largest absolute Gasteiger partial charge is 0.388 e. The molecule has 1 aromatic rings. The number of hydrogen-bond acceptors (Lipinski definition) is 2. The molecular weight excluding hydrogens is 272 g/mol. The number of alkyl halides is 1. The molecule has 110 valence electrons. The van der Waals surface area contributed by atoms with Gasteiger partial charge >= 0.3 is 0 Å². The van der Waals surface area contributed by atoms with E-state index in [1.54, 1.807) is 0 Å². The van der Waals surface area contributed by atoms with Crippen LogP contribution in [0.2, 0.25) is 0 Å². The van der Waals surface area contributed by atoms with E-state index in [-0.39, 0.29) is 11.8 Å². The summed E-state index contributed by atoms with van der Waals surface area (Å²) >= 11 is 5.62. The molecule has 0 heterocycles. The fourth-order valence-electron chi connectivity index (χ4n) is 1.81. The molecule has 1 rings (SSSR count). The molecule has 20 heavy (non-hydrogen) atoms. The molecule has 0 aliphatic rings. The predicted molar refractivity (Wildman–Crippen MR) is 84.5 cm³/mol. The lowest BCUT2D eigenvalue weighted by Gasteiger charge is -2.13. The predicted octanol–water partition coefficient (Wildman–Crippen LogP) is 3.06. The van der Waals surface area contributed by atoms with Gasteiger partial charge in [-0.15, -0.1) is 11.6 Å². The highest BCUT2D eigenvalue weighted by Gasteiger charge is 2.11.